The predicted molar refractivity (Wildman–Crippen MR) is 140 cm³/mol. The molecule has 7 nitrogen and oxygen atoms in total. The third-order valence-corrected chi connectivity index (χ3v) is 5.14. The number of carbonyl (C=O) groups excluding carboxylic acids is 1. The number of guanidine groups is 1. The fourth-order valence-corrected chi connectivity index (χ4v) is 3.10. The van der Waals surface area contributed by atoms with Crippen molar-refractivity contribution in [3.63, 3.8) is 0 Å². The van der Waals surface area contributed by atoms with Gasteiger partial charge in [0.15, 0.2) is 17.5 Å². The molecule has 4 N–H and O–H groups in total. The average molecular weight is 573 g/mol. The van der Waals surface area contributed by atoms with Crippen molar-refractivity contribution in [2.75, 3.05) is 31.6 Å². The number of halogens is 2. The van der Waals surface area contributed by atoms with Gasteiger partial charge in [-0.3, -0.25) is 9.79 Å². The number of ether oxygens (including phenoxy) is 2. The van der Waals surface area contributed by atoms with Crippen molar-refractivity contribution in [3.8, 4) is 11.5 Å². The van der Waals surface area contributed by atoms with Gasteiger partial charge in [-0.25, -0.2) is 0 Å². The lowest BCUT2D eigenvalue weighted by Crippen LogP contribution is -2.37. The third kappa shape index (κ3) is 7.74. The van der Waals surface area contributed by atoms with Gasteiger partial charge in [-0.05, 0) is 50.1 Å². The smallest absolute Gasteiger partial charge is 0.224 e. The second-order valence-corrected chi connectivity index (χ2v) is 8.49. The molecule has 0 saturated carbocycles. The molecular weight excluding hydrogens is 543 g/mol. The fourth-order valence-electron chi connectivity index (χ4n) is 2.89. The van der Waals surface area contributed by atoms with Crippen molar-refractivity contribution >= 4 is 53.1 Å². The number of fused-ring (bicyclic) bond motifs is 1. The zero-order valence-corrected chi connectivity index (χ0v) is 21.4. The molecule has 1 aliphatic heterocycles. The average Bonchev–Trinajstić information content (AvgIpc) is 2.97. The summed E-state index contributed by atoms with van der Waals surface area (Å²) >= 11 is 6.07. The summed E-state index contributed by atoms with van der Waals surface area (Å²) in [7, 11) is 0. The lowest BCUT2D eigenvalue weighted by Gasteiger charge is -2.20. The van der Waals surface area contributed by atoms with Crippen molar-refractivity contribution in [2.45, 2.75) is 26.7 Å². The maximum absolute atomic E-state index is 11.7. The van der Waals surface area contributed by atoms with Crippen LogP contribution in [0, 0.1) is 5.41 Å². The molecule has 0 radical (unpaired) electrons. The summed E-state index contributed by atoms with van der Waals surface area (Å²) in [6.45, 7) is 5.68. The number of amides is 1. The van der Waals surface area contributed by atoms with Crippen molar-refractivity contribution < 1.29 is 14.3 Å². The molecule has 2 aromatic carbocycles. The number of primary amides is 1. The normalized spacial score (nSPS) is 13.5. The van der Waals surface area contributed by atoms with E-state index in [4.69, 9.17) is 26.8 Å². The Morgan fingerprint density at radius 1 is 1.16 bits per heavy atom. The van der Waals surface area contributed by atoms with Crippen LogP contribution >= 0.6 is 35.6 Å². The number of hydrogen-bond donors (Lipinski definition) is 3. The minimum Gasteiger partial charge on any atom is -0.490 e. The van der Waals surface area contributed by atoms with Crippen LogP contribution in [0.4, 0.5) is 5.69 Å². The van der Waals surface area contributed by atoms with E-state index < -0.39 is 11.3 Å². The summed E-state index contributed by atoms with van der Waals surface area (Å²) in [4.78, 5) is 16.3. The lowest BCUT2D eigenvalue weighted by atomic mass is 9.93. The molecule has 32 heavy (non-hydrogen) atoms. The summed E-state index contributed by atoms with van der Waals surface area (Å²) in [5, 5.41) is 7.30. The van der Waals surface area contributed by atoms with Crippen molar-refractivity contribution in [2.24, 2.45) is 16.1 Å². The highest BCUT2D eigenvalue weighted by Crippen LogP contribution is 2.32. The van der Waals surface area contributed by atoms with Gasteiger partial charge in [0.1, 0.15) is 0 Å². The SMILES string of the molecule is CC(C)(CN=C(NCCc1cccc(Cl)c1)Nc1ccc2c(c1)OCCCO2)C(N)=O.I. The summed E-state index contributed by atoms with van der Waals surface area (Å²) in [5.74, 6) is 1.57. The first-order valence-corrected chi connectivity index (χ1v) is 10.7. The summed E-state index contributed by atoms with van der Waals surface area (Å²) in [5.41, 5.74) is 6.66. The number of benzene rings is 2. The van der Waals surface area contributed by atoms with E-state index in [-0.39, 0.29) is 30.5 Å². The first-order valence-electron chi connectivity index (χ1n) is 10.3. The van der Waals surface area contributed by atoms with E-state index in [1.54, 1.807) is 13.8 Å². The summed E-state index contributed by atoms with van der Waals surface area (Å²) in [6, 6.07) is 13.4. The van der Waals surface area contributed by atoms with Crippen molar-refractivity contribution in [1.29, 1.82) is 0 Å². The molecule has 1 aliphatic rings. The number of rotatable bonds is 7. The van der Waals surface area contributed by atoms with E-state index >= 15 is 0 Å². The molecule has 1 amide bonds. The van der Waals surface area contributed by atoms with Crippen LogP contribution in [-0.4, -0.2) is 38.2 Å². The second-order valence-electron chi connectivity index (χ2n) is 8.06. The zero-order valence-electron chi connectivity index (χ0n) is 18.3. The van der Waals surface area contributed by atoms with E-state index in [1.807, 2.05) is 42.5 Å². The Morgan fingerprint density at radius 2 is 1.91 bits per heavy atom. The monoisotopic (exact) mass is 572 g/mol. The Morgan fingerprint density at radius 3 is 2.62 bits per heavy atom. The highest BCUT2D eigenvalue weighted by molar-refractivity contribution is 14.0. The Kier molecular flexibility index (Phi) is 9.89. The Balaban J connectivity index is 0.00000363. The van der Waals surface area contributed by atoms with Gasteiger partial charge in [-0.1, -0.05) is 23.7 Å². The molecule has 0 aromatic heterocycles. The summed E-state index contributed by atoms with van der Waals surface area (Å²) in [6.07, 6.45) is 1.61. The number of hydrogen-bond acceptors (Lipinski definition) is 4. The number of nitrogens with one attached hydrogen (secondary N) is 2. The first kappa shape index (κ1) is 26.1. The van der Waals surface area contributed by atoms with Crippen LogP contribution < -0.4 is 25.8 Å². The van der Waals surface area contributed by atoms with E-state index in [1.165, 1.54) is 0 Å². The fraction of sp³-hybridized carbons (Fsp3) is 0.391. The number of carbonyl (C=O) groups is 1. The maximum Gasteiger partial charge on any atom is 0.224 e. The Bertz CT molecular complexity index is 953. The van der Waals surface area contributed by atoms with Gasteiger partial charge in [0.2, 0.25) is 5.91 Å². The van der Waals surface area contributed by atoms with Gasteiger partial charge >= 0.3 is 0 Å². The minimum absolute atomic E-state index is 0. The van der Waals surface area contributed by atoms with Gasteiger partial charge in [-0.15, -0.1) is 24.0 Å². The molecule has 174 valence electrons. The minimum atomic E-state index is -0.758. The molecule has 0 saturated heterocycles. The van der Waals surface area contributed by atoms with Crippen LogP contribution in [0.5, 0.6) is 11.5 Å². The molecule has 0 atom stereocenters. The van der Waals surface area contributed by atoms with Crippen LogP contribution in [0.3, 0.4) is 0 Å². The van der Waals surface area contributed by atoms with Crippen molar-refractivity contribution in [1.82, 2.24) is 5.32 Å². The Labute approximate surface area is 211 Å². The highest BCUT2D eigenvalue weighted by Gasteiger charge is 2.24. The highest BCUT2D eigenvalue weighted by atomic mass is 127. The van der Waals surface area contributed by atoms with Crippen LogP contribution in [0.1, 0.15) is 25.8 Å². The van der Waals surface area contributed by atoms with E-state index in [0.717, 1.165) is 29.8 Å². The van der Waals surface area contributed by atoms with Gasteiger partial charge in [0.25, 0.3) is 0 Å². The number of nitrogens with two attached hydrogens (primary N) is 1. The lowest BCUT2D eigenvalue weighted by molar-refractivity contribution is -0.125. The van der Waals surface area contributed by atoms with E-state index in [0.29, 0.717) is 36.5 Å². The molecule has 0 aliphatic carbocycles. The quantitative estimate of drug-likeness (QED) is 0.262. The number of anilines is 1. The van der Waals surface area contributed by atoms with Gasteiger partial charge < -0.3 is 25.8 Å². The largest absolute Gasteiger partial charge is 0.490 e. The second kappa shape index (κ2) is 12.2. The third-order valence-electron chi connectivity index (χ3n) is 4.90. The van der Waals surface area contributed by atoms with Crippen LogP contribution in [0.2, 0.25) is 5.02 Å². The summed E-state index contributed by atoms with van der Waals surface area (Å²) < 4.78 is 11.5. The molecule has 1 heterocycles. The number of aliphatic imine (C=N–C) groups is 1. The number of nitrogens with zero attached hydrogens (tertiary/aromatic N) is 1. The maximum atomic E-state index is 11.7. The molecule has 0 unspecified atom stereocenters. The van der Waals surface area contributed by atoms with Crippen LogP contribution in [0.25, 0.3) is 0 Å². The Hall–Kier alpha value is -2.20. The predicted octanol–water partition coefficient (Wildman–Crippen LogP) is 4.23. The first-order chi connectivity index (χ1) is 14.8. The standard InChI is InChI=1S/C23H29ClN4O3.HI/c1-23(2,21(25)29)15-27-22(26-10-9-16-5-3-6-17(24)13-16)28-18-7-8-19-20(14-18)31-12-4-11-30-19;/h3,5-8,13-14H,4,9-12,15H2,1-2H3,(H2,25,29)(H2,26,27,28);1H. The molecule has 9 heteroatoms. The van der Waals surface area contributed by atoms with Gasteiger partial charge in [0, 0.05) is 29.7 Å². The molecule has 2 aromatic rings. The van der Waals surface area contributed by atoms with Gasteiger partial charge in [-0.2, -0.15) is 0 Å². The van der Waals surface area contributed by atoms with E-state index in [2.05, 4.69) is 15.6 Å². The molecule has 0 bridgehead atoms. The molecule has 0 spiro atoms. The van der Waals surface area contributed by atoms with Crippen molar-refractivity contribution in [3.05, 3.63) is 53.1 Å². The van der Waals surface area contributed by atoms with Crippen LogP contribution in [0.15, 0.2) is 47.5 Å². The molecule has 3 rings (SSSR count). The molecular formula is C23H30ClIN4O3. The van der Waals surface area contributed by atoms with Crippen LogP contribution in [-0.2, 0) is 11.2 Å². The topological polar surface area (TPSA) is 98.0 Å². The zero-order chi connectivity index (χ0) is 22.3. The van der Waals surface area contributed by atoms with Gasteiger partial charge in [0.05, 0.1) is 25.2 Å². The van der Waals surface area contributed by atoms with E-state index in [9.17, 15) is 4.79 Å². The molecule has 0 fully saturated rings.